The molecule has 12 heteroatoms. The van der Waals surface area contributed by atoms with Crippen molar-refractivity contribution in [2.75, 3.05) is 30.3 Å². The van der Waals surface area contributed by atoms with Crippen LogP contribution in [0.4, 0.5) is 24.9 Å². The van der Waals surface area contributed by atoms with Crippen molar-refractivity contribution in [2.45, 2.75) is 12.2 Å². The Morgan fingerprint density at radius 1 is 1.30 bits per heavy atom. The van der Waals surface area contributed by atoms with Crippen LogP contribution in [0.3, 0.4) is 0 Å². The van der Waals surface area contributed by atoms with Gasteiger partial charge in [-0.2, -0.15) is 28.2 Å². The van der Waals surface area contributed by atoms with Gasteiger partial charge in [0.1, 0.15) is 11.9 Å². The summed E-state index contributed by atoms with van der Waals surface area (Å²) in [6, 6.07) is -1.65. The number of nitrogens with one attached hydrogen (secondary N) is 1. The van der Waals surface area contributed by atoms with Crippen molar-refractivity contribution in [1.29, 1.82) is 0 Å². The van der Waals surface area contributed by atoms with E-state index in [0.29, 0.717) is 17.6 Å². The maximum atomic E-state index is 13.2. The van der Waals surface area contributed by atoms with Gasteiger partial charge in [-0.05, 0) is 0 Å². The van der Waals surface area contributed by atoms with Crippen LogP contribution in [-0.4, -0.2) is 51.6 Å². The number of halogens is 5. The lowest BCUT2D eigenvalue weighted by atomic mass is 10.1. The Labute approximate surface area is 142 Å². The summed E-state index contributed by atoms with van der Waals surface area (Å²) in [4.78, 5) is 9.26. The number of anilines is 2. The van der Waals surface area contributed by atoms with E-state index in [1.165, 1.54) is 15.8 Å². The van der Waals surface area contributed by atoms with Gasteiger partial charge in [0.15, 0.2) is 5.65 Å². The predicted octanol–water partition coefficient (Wildman–Crippen LogP) is 1.13. The molecule has 1 unspecified atom stereocenters. The molecule has 0 spiro atoms. The van der Waals surface area contributed by atoms with Gasteiger partial charge >= 0.3 is 6.18 Å². The molecule has 2 aromatic rings. The number of aryl methyl sites for hydroxylation is 1. The molecule has 1 aliphatic rings. The van der Waals surface area contributed by atoms with E-state index in [0.717, 1.165) is 0 Å². The van der Waals surface area contributed by atoms with Crippen LogP contribution < -0.4 is 16.0 Å². The summed E-state index contributed by atoms with van der Waals surface area (Å²) in [7, 11) is 1.65. The van der Waals surface area contributed by atoms with Gasteiger partial charge in [-0.15, -0.1) is 24.8 Å². The van der Waals surface area contributed by atoms with Crippen LogP contribution in [0.5, 0.6) is 0 Å². The monoisotopic (exact) mass is 373 g/mol. The predicted molar refractivity (Wildman–Crippen MR) is 85.3 cm³/mol. The Hall–Kier alpha value is -1.52. The highest BCUT2D eigenvalue weighted by Gasteiger charge is 2.45. The third-order valence-corrected chi connectivity index (χ3v) is 3.48. The fourth-order valence-electron chi connectivity index (χ4n) is 2.49. The van der Waals surface area contributed by atoms with E-state index in [2.05, 4.69) is 20.4 Å². The van der Waals surface area contributed by atoms with Gasteiger partial charge in [0.05, 0.1) is 11.6 Å². The molecule has 23 heavy (non-hydrogen) atoms. The molecular formula is C11H16Cl2F3N7. The zero-order valence-corrected chi connectivity index (χ0v) is 13.7. The Morgan fingerprint density at radius 3 is 2.65 bits per heavy atom. The van der Waals surface area contributed by atoms with Crippen LogP contribution in [0.2, 0.25) is 0 Å². The maximum absolute atomic E-state index is 13.2. The van der Waals surface area contributed by atoms with Gasteiger partial charge in [-0.3, -0.25) is 4.68 Å². The Kier molecular flexibility index (Phi) is 5.89. The Balaban J connectivity index is 0.00000132. The molecule has 1 atom stereocenters. The molecule has 3 N–H and O–H groups in total. The molecule has 0 aromatic carbocycles. The fraction of sp³-hybridized carbons (Fsp3) is 0.545. The van der Waals surface area contributed by atoms with Crippen molar-refractivity contribution in [1.82, 2.24) is 25.1 Å². The molecule has 2 aromatic heterocycles. The molecule has 3 heterocycles. The van der Waals surface area contributed by atoms with Crippen LogP contribution >= 0.6 is 24.8 Å². The fourth-order valence-corrected chi connectivity index (χ4v) is 2.49. The summed E-state index contributed by atoms with van der Waals surface area (Å²) in [5, 5.41) is 7.23. The van der Waals surface area contributed by atoms with E-state index in [9.17, 15) is 13.2 Å². The van der Waals surface area contributed by atoms with Crippen LogP contribution in [-0.2, 0) is 7.05 Å². The van der Waals surface area contributed by atoms with Crippen molar-refractivity contribution >= 4 is 47.6 Å². The SMILES string of the molecule is Cl.Cl.Cn1ncc2c(N3CCNCC3C(F)(F)F)nc(N)nc21. The van der Waals surface area contributed by atoms with Crippen molar-refractivity contribution < 1.29 is 13.2 Å². The molecule has 3 rings (SSSR count). The van der Waals surface area contributed by atoms with Crippen molar-refractivity contribution in [3.8, 4) is 0 Å². The van der Waals surface area contributed by atoms with Crippen molar-refractivity contribution in [3.05, 3.63) is 6.20 Å². The first kappa shape index (κ1) is 19.5. The van der Waals surface area contributed by atoms with E-state index in [1.54, 1.807) is 7.05 Å². The summed E-state index contributed by atoms with van der Waals surface area (Å²) >= 11 is 0. The highest BCUT2D eigenvalue weighted by Crippen LogP contribution is 2.32. The third kappa shape index (κ3) is 3.54. The Morgan fingerprint density at radius 2 is 2.00 bits per heavy atom. The van der Waals surface area contributed by atoms with Gasteiger partial charge < -0.3 is 16.0 Å². The van der Waals surface area contributed by atoms with Crippen molar-refractivity contribution in [3.63, 3.8) is 0 Å². The first-order chi connectivity index (χ1) is 9.88. The lowest BCUT2D eigenvalue weighted by molar-refractivity contribution is -0.149. The molecule has 0 aliphatic carbocycles. The topological polar surface area (TPSA) is 84.9 Å². The number of fused-ring (bicyclic) bond motifs is 1. The second kappa shape index (κ2) is 6.93. The highest BCUT2D eigenvalue weighted by atomic mass is 35.5. The number of piperazine rings is 1. The van der Waals surface area contributed by atoms with Gasteiger partial charge in [-0.25, -0.2) is 0 Å². The number of nitrogens with two attached hydrogens (primary N) is 1. The van der Waals surface area contributed by atoms with Crippen LogP contribution in [0.1, 0.15) is 0 Å². The number of hydrogen-bond donors (Lipinski definition) is 2. The summed E-state index contributed by atoms with van der Waals surface area (Å²) in [5.74, 6) is 0.106. The molecule has 1 aliphatic heterocycles. The number of aromatic nitrogens is 4. The Bertz CT molecular complexity index is 675. The lowest BCUT2D eigenvalue weighted by Gasteiger charge is -2.38. The molecule has 0 saturated carbocycles. The minimum Gasteiger partial charge on any atom is -0.368 e. The smallest absolute Gasteiger partial charge is 0.368 e. The minimum absolute atomic E-state index is 0. The maximum Gasteiger partial charge on any atom is 0.410 e. The molecule has 0 radical (unpaired) electrons. The summed E-state index contributed by atoms with van der Waals surface area (Å²) < 4.78 is 41.1. The van der Waals surface area contributed by atoms with Crippen LogP contribution in [0, 0.1) is 0 Å². The quantitative estimate of drug-likeness (QED) is 0.779. The molecule has 1 saturated heterocycles. The molecule has 130 valence electrons. The van der Waals surface area contributed by atoms with Gasteiger partial charge in [0.25, 0.3) is 0 Å². The van der Waals surface area contributed by atoms with Crippen LogP contribution in [0.15, 0.2) is 6.20 Å². The average molecular weight is 374 g/mol. The molecule has 7 nitrogen and oxygen atoms in total. The van der Waals surface area contributed by atoms with Crippen LogP contribution in [0.25, 0.3) is 11.0 Å². The van der Waals surface area contributed by atoms with Gasteiger partial charge in [0.2, 0.25) is 5.95 Å². The summed E-state index contributed by atoms with van der Waals surface area (Å²) in [5.41, 5.74) is 6.04. The second-order valence-corrected chi connectivity index (χ2v) is 4.87. The zero-order valence-electron chi connectivity index (χ0n) is 12.0. The average Bonchev–Trinajstić information content (AvgIpc) is 2.79. The van der Waals surface area contributed by atoms with Crippen molar-refractivity contribution in [2.24, 2.45) is 7.05 Å². The standard InChI is InChI=1S/C11H14F3N7.2ClH/c1-20-8-6(4-17-20)9(19-10(15)18-8)21-3-2-16-5-7(21)11(12,13)14;;/h4,7,16H,2-3,5H2,1H3,(H2,15,18,19);2*1H. The minimum atomic E-state index is -4.36. The first-order valence-electron chi connectivity index (χ1n) is 6.37. The van der Waals surface area contributed by atoms with Gasteiger partial charge in [0, 0.05) is 26.7 Å². The number of rotatable bonds is 1. The zero-order chi connectivity index (χ0) is 15.2. The summed E-state index contributed by atoms with van der Waals surface area (Å²) in [6.45, 7) is 0.442. The van der Waals surface area contributed by atoms with E-state index < -0.39 is 12.2 Å². The number of nitrogens with zero attached hydrogens (tertiary/aromatic N) is 5. The summed E-state index contributed by atoms with van der Waals surface area (Å²) in [6.07, 6.45) is -2.90. The third-order valence-electron chi connectivity index (χ3n) is 3.48. The number of nitrogen functional groups attached to an aromatic ring is 1. The normalized spacial score (nSPS) is 18.4. The molecule has 1 fully saturated rings. The molecule has 0 amide bonds. The van der Waals surface area contributed by atoms with E-state index in [1.807, 2.05) is 0 Å². The molecule has 0 bridgehead atoms. The largest absolute Gasteiger partial charge is 0.410 e. The highest BCUT2D eigenvalue weighted by molar-refractivity contribution is 5.88. The van der Waals surface area contributed by atoms with E-state index in [4.69, 9.17) is 5.73 Å². The van der Waals surface area contributed by atoms with E-state index >= 15 is 0 Å². The first-order valence-corrected chi connectivity index (χ1v) is 6.37. The molecular weight excluding hydrogens is 358 g/mol. The van der Waals surface area contributed by atoms with E-state index in [-0.39, 0.29) is 49.7 Å². The second-order valence-electron chi connectivity index (χ2n) is 4.87. The number of alkyl halides is 3. The number of hydrogen-bond acceptors (Lipinski definition) is 6. The van der Waals surface area contributed by atoms with Gasteiger partial charge in [-0.1, -0.05) is 0 Å². The lowest BCUT2D eigenvalue weighted by Crippen LogP contribution is -2.58.